The van der Waals surface area contributed by atoms with E-state index in [1.807, 2.05) is 24.5 Å². The molecule has 3 heteroatoms. The number of nitrogens with zero attached hydrogens (tertiary/aromatic N) is 2. The van der Waals surface area contributed by atoms with Crippen molar-refractivity contribution in [1.29, 1.82) is 0 Å². The second-order valence-electron chi connectivity index (χ2n) is 1.87. The molecule has 54 valence electrons. The van der Waals surface area contributed by atoms with Crippen molar-refractivity contribution in [2.75, 3.05) is 6.61 Å². The summed E-state index contributed by atoms with van der Waals surface area (Å²) in [6.07, 6.45) is 5.97. The van der Waals surface area contributed by atoms with Gasteiger partial charge in [-0.15, -0.1) is 0 Å². The van der Waals surface area contributed by atoms with Crippen molar-refractivity contribution in [3.63, 3.8) is 0 Å². The Labute approximate surface area is 59.6 Å². The minimum Gasteiger partial charge on any atom is -0.396 e. The van der Waals surface area contributed by atoms with E-state index in [1.165, 1.54) is 0 Å². The average molecular weight is 138 g/mol. The fourth-order valence-corrected chi connectivity index (χ4v) is 0.612. The lowest BCUT2D eigenvalue weighted by Crippen LogP contribution is -1.87. The molecule has 0 aliphatic rings. The molecule has 10 heavy (non-hydrogen) atoms. The molecule has 0 radical (unpaired) electrons. The summed E-state index contributed by atoms with van der Waals surface area (Å²) in [6, 6.07) is 3.80. The molecule has 1 rings (SSSR count). The summed E-state index contributed by atoms with van der Waals surface area (Å²) in [5.41, 5.74) is 0. The number of aromatic nitrogens is 1. The summed E-state index contributed by atoms with van der Waals surface area (Å²) < 4.78 is 1.69. The molecule has 3 nitrogen and oxygen atoms in total. The molecular weight excluding hydrogens is 128 g/mol. The predicted octanol–water partition coefficient (Wildman–Crippen LogP) is 0.704. The third-order valence-electron chi connectivity index (χ3n) is 1.06. The molecule has 1 heterocycles. The van der Waals surface area contributed by atoms with Crippen molar-refractivity contribution in [3.05, 3.63) is 24.5 Å². The zero-order valence-corrected chi connectivity index (χ0v) is 5.64. The van der Waals surface area contributed by atoms with Crippen molar-refractivity contribution >= 4 is 6.21 Å². The normalized spacial score (nSPS) is 10.9. The Morgan fingerprint density at radius 3 is 2.70 bits per heavy atom. The Morgan fingerprint density at radius 1 is 1.40 bits per heavy atom. The number of hydrogen-bond acceptors (Lipinski definition) is 2. The van der Waals surface area contributed by atoms with E-state index in [4.69, 9.17) is 5.11 Å². The van der Waals surface area contributed by atoms with Crippen LogP contribution in [0.3, 0.4) is 0 Å². The fraction of sp³-hybridized carbons (Fsp3) is 0.286. The van der Waals surface area contributed by atoms with Crippen molar-refractivity contribution in [2.24, 2.45) is 5.10 Å². The van der Waals surface area contributed by atoms with Crippen LogP contribution < -0.4 is 0 Å². The van der Waals surface area contributed by atoms with E-state index in [-0.39, 0.29) is 6.61 Å². The van der Waals surface area contributed by atoms with E-state index in [0.29, 0.717) is 6.42 Å². The smallest absolute Gasteiger partial charge is 0.0481 e. The van der Waals surface area contributed by atoms with E-state index < -0.39 is 0 Å². The first-order valence-corrected chi connectivity index (χ1v) is 3.20. The van der Waals surface area contributed by atoms with Crippen LogP contribution >= 0.6 is 0 Å². The minimum absolute atomic E-state index is 0.158. The van der Waals surface area contributed by atoms with Gasteiger partial charge in [-0.25, -0.2) is 4.68 Å². The zero-order valence-electron chi connectivity index (χ0n) is 5.64. The zero-order chi connectivity index (χ0) is 7.23. The van der Waals surface area contributed by atoms with Crippen LogP contribution in [0.25, 0.3) is 0 Å². The SMILES string of the molecule is OCCC=Nn1cccc1. The second-order valence-corrected chi connectivity index (χ2v) is 1.87. The highest BCUT2D eigenvalue weighted by atomic mass is 16.2. The maximum absolute atomic E-state index is 8.39. The lowest BCUT2D eigenvalue weighted by molar-refractivity contribution is 0.308. The number of aliphatic hydroxyl groups excluding tert-OH is 1. The molecule has 0 saturated carbocycles. The monoisotopic (exact) mass is 138 g/mol. The van der Waals surface area contributed by atoms with Gasteiger partial charge in [0.2, 0.25) is 0 Å². The molecular formula is C7H10N2O. The molecule has 0 aliphatic carbocycles. The molecule has 0 atom stereocenters. The first-order chi connectivity index (χ1) is 4.93. The molecule has 0 unspecified atom stereocenters. The van der Waals surface area contributed by atoms with E-state index in [1.54, 1.807) is 10.9 Å². The highest BCUT2D eigenvalue weighted by Crippen LogP contribution is 1.87. The average Bonchev–Trinajstić information content (AvgIpc) is 2.41. The predicted molar refractivity (Wildman–Crippen MR) is 40.0 cm³/mol. The lowest BCUT2D eigenvalue weighted by atomic mass is 10.5. The molecule has 1 aromatic heterocycles. The van der Waals surface area contributed by atoms with Gasteiger partial charge in [-0.2, -0.15) is 5.10 Å². The van der Waals surface area contributed by atoms with Crippen LogP contribution in [0.15, 0.2) is 29.6 Å². The Hall–Kier alpha value is -1.09. The third-order valence-corrected chi connectivity index (χ3v) is 1.06. The fourth-order valence-electron chi connectivity index (χ4n) is 0.612. The summed E-state index contributed by atoms with van der Waals surface area (Å²) in [4.78, 5) is 0. The van der Waals surface area contributed by atoms with Crippen LogP contribution in [-0.2, 0) is 0 Å². The van der Waals surface area contributed by atoms with Crippen molar-refractivity contribution < 1.29 is 5.11 Å². The van der Waals surface area contributed by atoms with Crippen LogP contribution in [-0.4, -0.2) is 22.6 Å². The summed E-state index contributed by atoms with van der Waals surface area (Å²) in [6.45, 7) is 0.158. The van der Waals surface area contributed by atoms with E-state index in [9.17, 15) is 0 Å². The van der Waals surface area contributed by atoms with Crippen molar-refractivity contribution in [1.82, 2.24) is 4.68 Å². The molecule has 0 aromatic carbocycles. The number of aliphatic hydroxyl groups is 1. The maximum Gasteiger partial charge on any atom is 0.0481 e. The first-order valence-electron chi connectivity index (χ1n) is 3.20. The van der Waals surface area contributed by atoms with Crippen LogP contribution in [0.1, 0.15) is 6.42 Å². The molecule has 0 spiro atoms. The van der Waals surface area contributed by atoms with Gasteiger partial charge in [0.05, 0.1) is 0 Å². The first kappa shape index (κ1) is 7.02. The van der Waals surface area contributed by atoms with Gasteiger partial charge in [0, 0.05) is 31.6 Å². The van der Waals surface area contributed by atoms with Gasteiger partial charge in [-0.3, -0.25) is 0 Å². The van der Waals surface area contributed by atoms with Gasteiger partial charge in [0.15, 0.2) is 0 Å². The van der Waals surface area contributed by atoms with Crippen molar-refractivity contribution in [3.8, 4) is 0 Å². The molecule has 0 fully saturated rings. The van der Waals surface area contributed by atoms with Crippen LogP contribution in [0.4, 0.5) is 0 Å². The van der Waals surface area contributed by atoms with Crippen LogP contribution in [0.5, 0.6) is 0 Å². The topological polar surface area (TPSA) is 37.5 Å². The van der Waals surface area contributed by atoms with Gasteiger partial charge >= 0.3 is 0 Å². The molecule has 1 aromatic rings. The Bertz CT molecular complexity index is 191. The van der Waals surface area contributed by atoms with Gasteiger partial charge in [-0.05, 0) is 12.1 Å². The standard InChI is InChI=1S/C7H10N2O/c10-7-3-4-8-9-5-1-2-6-9/h1-2,4-6,10H,3,7H2. The van der Waals surface area contributed by atoms with Crippen LogP contribution in [0.2, 0.25) is 0 Å². The van der Waals surface area contributed by atoms with Crippen LogP contribution in [0, 0.1) is 0 Å². The highest BCUT2D eigenvalue weighted by Gasteiger charge is 1.78. The number of rotatable bonds is 3. The Morgan fingerprint density at radius 2 is 2.10 bits per heavy atom. The Kier molecular flexibility index (Phi) is 2.70. The Balaban J connectivity index is 2.40. The summed E-state index contributed by atoms with van der Waals surface area (Å²) in [7, 11) is 0. The van der Waals surface area contributed by atoms with Gasteiger partial charge in [0.25, 0.3) is 0 Å². The summed E-state index contributed by atoms with van der Waals surface area (Å²) in [5.74, 6) is 0. The number of hydrogen-bond donors (Lipinski definition) is 1. The maximum atomic E-state index is 8.39. The van der Waals surface area contributed by atoms with Gasteiger partial charge < -0.3 is 5.11 Å². The van der Waals surface area contributed by atoms with Crippen molar-refractivity contribution in [2.45, 2.75) is 6.42 Å². The van der Waals surface area contributed by atoms with E-state index in [2.05, 4.69) is 5.10 Å². The molecule has 0 aliphatic heterocycles. The van der Waals surface area contributed by atoms with E-state index in [0.717, 1.165) is 0 Å². The summed E-state index contributed by atoms with van der Waals surface area (Å²) in [5, 5.41) is 12.4. The van der Waals surface area contributed by atoms with Gasteiger partial charge in [0.1, 0.15) is 0 Å². The van der Waals surface area contributed by atoms with Gasteiger partial charge in [-0.1, -0.05) is 0 Å². The minimum atomic E-state index is 0.158. The lowest BCUT2D eigenvalue weighted by Gasteiger charge is -1.88. The second kappa shape index (κ2) is 3.85. The quantitative estimate of drug-likeness (QED) is 0.613. The molecule has 0 saturated heterocycles. The highest BCUT2D eigenvalue weighted by molar-refractivity contribution is 5.56. The molecule has 0 bridgehead atoms. The van der Waals surface area contributed by atoms with E-state index >= 15 is 0 Å². The molecule has 1 N–H and O–H groups in total. The third kappa shape index (κ3) is 2.03. The molecule has 0 amide bonds. The summed E-state index contributed by atoms with van der Waals surface area (Å²) >= 11 is 0. The largest absolute Gasteiger partial charge is 0.396 e.